The first-order valence-electron chi connectivity index (χ1n) is 5.22. The zero-order chi connectivity index (χ0) is 12.0. The van der Waals surface area contributed by atoms with Gasteiger partial charge in [-0.2, -0.15) is 0 Å². The summed E-state index contributed by atoms with van der Waals surface area (Å²) in [6.45, 7) is 2.68. The molecule has 7 heteroatoms. The molecule has 0 spiro atoms. The van der Waals surface area contributed by atoms with Crippen LogP contribution in [0.4, 0.5) is 0 Å². The SMILES string of the molecule is CCC(NCCc1nncn1C)C(N)=NO. The maximum Gasteiger partial charge on any atom is 0.156 e. The van der Waals surface area contributed by atoms with Crippen molar-refractivity contribution in [1.82, 2.24) is 20.1 Å². The molecule has 1 atom stereocenters. The molecule has 90 valence electrons. The highest BCUT2D eigenvalue weighted by molar-refractivity contribution is 5.85. The number of nitrogens with zero attached hydrogens (tertiary/aromatic N) is 4. The van der Waals surface area contributed by atoms with Crippen LogP contribution < -0.4 is 11.1 Å². The average molecular weight is 226 g/mol. The lowest BCUT2D eigenvalue weighted by Crippen LogP contribution is -2.41. The van der Waals surface area contributed by atoms with Gasteiger partial charge >= 0.3 is 0 Å². The van der Waals surface area contributed by atoms with Crippen molar-refractivity contribution in [2.75, 3.05) is 6.54 Å². The van der Waals surface area contributed by atoms with E-state index >= 15 is 0 Å². The zero-order valence-electron chi connectivity index (χ0n) is 9.59. The minimum absolute atomic E-state index is 0.0989. The average Bonchev–Trinajstić information content (AvgIpc) is 2.69. The van der Waals surface area contributed by atoms with Gasteiger partial charge in [0, 0.05) is 20.0 Å². The van der Waals surface area contributed by atoms with Crippen LogP contribution in [0.3, 0.4) is 0 Å². The number of amidine groups is 1. The summed E-state index contributed by atoms with van der Waals surface area (Å²) in [6, 6.07) is -0.0989. The quantitative estimate of drug-likeness (QED) is 0.262. The predicted octanol–water partition coefficient (Wildman–Crippen LogP) is -0.528. The highest BCUT2D eigenvalue weighted by atomic mass is 16.4. The van der Waals surface area contributed by atoms with Gasteiger partial charge in [0.25, 0.3) is 0 Å². The first-order valence-corrected chi connectivity index (χ1v) is 5.22. The van der Waals surface area contributed by atoms with E-state index in [2.05, 4.69) is 20.7 Å². The summed E-state index contributed by atoms with van der Waals surface area (Å²) in [5.41, 5.74) is 5.52. The van der Waals surface area contributed by atoms with Gasteiger partial charge < -0.3 is 20.8 Å². The van der Waals surface area contributed by atoms with Crippen molar-refractivity contribution < 1.29 is 5.21 Å². The van der Waals surface area contributed by atoms with E-state index in [-0.39, 0.29) is 11.9 Å². The van der Waals surface area contributed by atoms with Crippen LogP contribution in [0.1, 0.15) is 19.2 Å². The minimum Gasteiger partial charge on any atom is -0.409 e. The molecule has 0 bridgehead atoms. The second-order valence-electron chi connectivity index (χ2n) is 3.55. The summed E-state index contributed by atoms with van der Waals surface area (Å²) in [4.78, 5) is 0. The van der Waals surface area contributed by atoms with Crippen LogP contribution >= 0.6 is 0 Å². The Hall–Kier alpha value is -1.63. The molecule has 0 saturated carbocycles. The number of aryl methyl sites for hydroxylation is 1. The third kappa shape index (κ3) is 3.20. The Morgan fingerprint density at radius 3 is 3.00 bits per heavy atom. The van der Waals surface area contributed by atoms with Crippen molar-refractivity contribution >= 4 is 5.84 Å². The lowest BCUT2D eigenvalue weighted by atomic mass is 10.2. The molecule has 4 N–H and O–H groups in total. The van der Waals surface area contributed by atoms with Crippen molar-refractivity contribution in [2.24, 2.45) is 17.9 Å². The summed E-state index contributed by atoms with van der Waals surface area (Å²) < 4.78 is 1.87. The Balaban J connectivity index is 2.37. The standard InChI is InChI=1S/C9H18N6O/c1-3-7(9(10)14-16)11-5-4-8-13-12-6-15(8)2/h6-7,11,16H,3-5H2,1-2H3,(H2,10,14). The maximum absolute atomic E-state index is 8.56. The number of nitrogens with two attached hydrogens (primary N) is 1. The van der Waals surface area contributed by atoms with Gasteiger partial charge in [0.1, 0.15) is 12.2 Å². The fourth-order valence-electron chi connectivity index (χ4n) is 1.42. The number of hydrogen-bond donors (Lipinski definition) is 3. The monoisotopic (exact) mass is 226 g/mol. The van der Waals surface area contributed by atoms with Gasteiger partial charge in [0.05, 0.1) is 6.04 Å². The second kappa shape index (κ2) is 6.06. The van der Waals surface area contributed by atoms with Crippen LogP contribution in [-0.2, 0) is 13.5 Å². The minimum atomic E-state index is -0.0989. The van der Waals surface area contributed by atoms with E-state index in [4.69, 9.17) is 10.9 Å². The van der Waals surface area contributed by atoms with Crippen molar-refractivity contribution in [2.45, 2.75) is 25.8 Å². The summed E-state index contributed by atoms with van der Waals surface area (Å²) in [5, 5.41) is 22.5. The van der Waals surface area contributed by atoms with E-state index in [1.807, 2.05) is 18.5 Å². The van der Waals surface area contributed by atoms with E-state index in [0.717, 1.165) is 18.7 Å². The smallest absolute Gasteiger partial charge is 0.156 e. The van der Waals surface area contributed by atoms with Crippen LogP contribution in [-0.4, -0.2) is 38.4 Å². The zero-order valence-corrected chi connectivity index (χ0v) is 9.59. The Labute approximate surface area is 94.3 Å². The molecule has 0 aliphatic carbocycles. The molecule has 0 aliphatic rings. The van der Waals surface area contributed by atoms with Crippen molar-refractivity contribution in [3.63, 3.8) is 0 Å². The first-order chi connectivity index (χ1) is 7.69. The Morgan fingerprint density at radius 2 is 2.50 bits per heavy atom. The lowest BCUT2D eigenvalue weighted by molar-refractivity contribution is 0.314. The molecule has 1 rings (SSSR count). The number of rotatable bonds is 6. The molecule has 0 fully saturated rings. The summed E-state index contributed by atoms with van der Waals surface area (Å²) in [6.07, 6.45) is 3.19. The highest BCUT2D eigenvalue weighted by Crippen LogP contribution is 1.94. The van der Waals surface area contributed by atoms with Crippen molar-refractivity contribution in [3.8, 4) is 0 Å². The number of nitrogens with one attached hydrogen (secondary N) is 1. The lowest BCUT2D eigenvalue weighted by Gasteiger charge is -2.14. The van der Waals surface area contributed by atoms with Gasteiger partial charge in [0.2, 0.25) is 0 Å². The molecule has 0 aromatic carbocycles. The van der Waals surface area contributed by atoms with Gasteiger partial charge in [-0.05, 0) is 6.42 Å². The Morgan fingerprint density at radius 1 is 1.75 bits per heavy atom. The van der Waals surface area contributed by atoms with Crippen LogP contribution in [0.2, 0.25) is 0 Å². The molecule has 0 aliphatic heterocycles. The third-order valence-corrected chi connectivity index (χ3v) is 2.43. The molecule has 1 heterocycles. The molecule has 1 aromatic rings. The van der Waals surface area contributed by atoms with E-state index in [0.29, 0.717) is 6.54 Å². The normalized spacial score (nSPS) is 14.0. The molecular formula is C9H18N6O. The molecule has 0 radical (unpaired) electrons. The Kier molecular flexibility index (Phi) is 4.71. The van der Waals surface area contributed by atoms with Gasteiger partial charge in [-0.1, -0.05) is 12.1 Å². The van der Waals surface area contributed by atoms with E-state index in [1.54, 1.807) is 6.33 Å². The number of oxime groups is 1. The van der Waals surface area contributed by atoms with Gasteiger partial charge in [-0.25, -0.2) is 0 Å². The molecule has 0 amide bonds. The van der Waals surface area contributed by atoms with Crippen LogP contribution in [0.15, 0.2) is 11.5 Å². The third-order valence-electron chi connectivity index (χ3n) is 2.43. The van der Waals surface area contributed by atoms with Gasteiger partial charge in [0.15, 0.2) is 5.84 Å². The van der Waals surface area contributed by atoms with E-state index in [1.165, 1.54) is 0 Å². The van der Waals surface area contributed by atoms with E-state index < -0.39 is 0 Å². The van der Waals surface area contributed by atoms with Crippen LogP contribution in [0.5, 0.6) is 0 Å². The van der Waals surface area contributed by atoms with E-state index in [9.17, 15) is 0 Å². The fourth-order valence-corrected chi connectivity index (χ4v) is 1.42. The van der Waals surface area contributed by atoms with Gasteiger partial charge in [-0.3, -0.25) is 0 Å². The summed E-state index contributed by atoms with van der Waals surface area (Å²) >= 11 is 0. The number of aromatic nitrogens is 3. The van der Waals surface area contributed by atoms with Crippen LogP contribution in [0.25, 0.3) is 0 Å². The highest BCUT2D eigenvalue weighted by Gasteiger charge is 2.10. The summed E-state index contributed by atoms with van der Waals surface area (Å²) in [7, 11) is 1.90. The largest absolute Gasteiger partial charge is 0.409 e. The maximum atomic E-state index is 8.56. The summed E-state index contributed by atoms with van der Waals surface area (Å²) in [5.74, 6) is 1.11. The topological polar surface area (TPSA) is 101 Å². The number of hydrogen-bond acceptors (Lipinski definition) is 5. The molecular weight excluding hydrogens is 208 g/mol. The van der Waals surface area contributed by atoms with Gasteiger partial charge in [-0.15, -0.1) is 10.2 Å². The molecule has 0 saturated heterocycles. The predicted molar refractivity (Wildman–Crippen MR) is 60.2 cm³/mol. The van der Waals surface area contributed by atoms with Crippen molar-refractivity contribution in [3.05, 3.63) is 12.2 Å². The van der Waals surface area contributed by atoms with Crippen LogP contribution in [0, 0.1) is 0 Å². The second-order valence-corrected chi connectivity index (χ2v) is 3.55. The first kappa shape index (κ1) is 12.4. The Bertz CT molecular complexity index is 348. The van der Waals surface area contributed by atoms with Crippen molar-refractivity contribution in [1.29, 1.82) is 0 Å². The molecule has 7 nitrogen and oxygen atoms in total. The fraction of sp³-hybridized carbons (Fsp3) is 0.667. The molecule has 16 heavy (non-hydrogen) atoms. The molecule has 1 unspecified atom stereocenters. The molecule has 1 aromatic heterocycles.